The van der Waals surface area contributed by atoms with Gasteiger partial charge < -0.3 is 5.11 Å². The molecule has 1 heteroatoms. The van der Waals surface area contributed by atoms with E-state index in [-0.39, 0.29) is 5.60 Å². The standard InChI is InChI=1S/C12H22O/c1-9(2)10-3-5-11(6-4-10)12(13)7-8-12/h9-11,13H,3-8H2,1-2H3/t10-,11-. The number of rotatable bonds is 2. The van der Waals surface area contributed by atoms with E-state index in [4.69, 9.17) is 0 Å². The Balaban J connectivity index is 1.82. The van der Waals surface area contributed by atoms with Crippen LogP contribution in [0.25, 0.3) is 0 Å². The van der Waals surface area contributed by atoms with E-state index in [1.165, 1.54) is 25.7 Å². The van der Waals surface area contributed by atoms with Crippen molar-refractivity contribution in [3.63, 3.8) is 0 Å². The first-order chi connectivity index (χ1) is 6.12. The summed E-state index contributed by atoms with van der Waals surface area (Å²) in [6.07, 6.45) is 7.40. The van der Waals surface area contributed by atoms with Crippen LogP contribution in [0.2, 0.25) is 0 Å². The summed E-state index contributed by atoms with van der Waals surface area (Å²) in [6.45, 7) is 4.66. The normalized spacial score (nSPS) is 37.8. The van der Waals surface area contributed by atoms with Gasteiger partial charge in [0.05, 0.1) is 5.60 Å². The third-order valence-corrected chi connectivity index (χ3v) is 4.24. The van der Waals surface area contributed by atoms with Crippen molar-refractivity contribution in [3.8, 4) is 0 Å². The minimum atomic E-state index is -0.206. The second-order valence-corrected chi connectivity index (χ2v) is 5.46. The molecule has 0 radical (unpaired) electrons. The van der Waals surface area contributed by atoms with Crippen LogP contribution in [0.1, 0.15) is 52.4 Å². The molecule has 0 aromatic rings. The third kappa shape index (κ3) is 1.90. The van der Waals surface area contributed by atoms with Gasteiger partial charge in [0.1, 0.15) is 0 Å². The highest BCUT2D eigenvalue weighted by Crippen LogP contribution is 2.49. The van der Waals surface area contributed by atoms with E-state index in [2.05, 4.69) is 13.8 Å². The highest BCUT2D eigenvalue weighted by atomic mass is 16.3. The maximum Gasteiger partial charge on any atom is 0.0678 e. The fourth-order valence-corrected chi connectivity index (χ4v) is 2.86. The van der Waals surface area contributed by atoms with Crippen molar-refractivity contribution in [2.45, 2.75) is 58.0 Å². The Kier molecular flexibility index (Phi) is 2.39. The molecular weight excluding hydrogens is 160 g/mol. The molecule has 0 spiro atoms. The van der Waals surface area contributed by atoms with Crippen molar-refractivity contribution in [1.29, 1.82) is 0 Å². The van der Waals surface area contributed by atoms with Gasteiger partial charge in [-0.15, -0.1) is 0 Å². The van der Waals surface area contributed by atoms with Crippen LogP contribution < -0.4 is 0 Å². The van der Waals surface area contributed by atoms with Crippen molar-refractivity contribution in [2.75, 3.05) is 0 Å². The Bertz CT molecular complexity index is 174. The molecule has 0 atom stereocenters. The SMILES string of the molecule is CC(C)[C@H]1CC[C@H](C2(O)CC2)CC1. The van der Waals surface area contributed by atoms with Gasteiger partial charge in [-0.05, 0) is 56.3 Å². The van der Waals surface area contributed by atoms with Crippen molar-refractivity contribution >= 4 is 0 Å². The van der Waals surface area contributed by atoms with Crippen molar-refractivity contribution in [3.05, 3.63) is 0 Å². The van der Waals surface area contributed by atoms with Crippen LogP contribution in [0, 0.1) is 17.8 Å². The van der Waals surface area contributed by atoms with Crippen LogP contribution in [0.3, 0.4) is 0 Å². The lowest BCUT2D eigenvalue weighted by Gasteiger charge is -2.33. The van der Waals surface area contributed by atoms with E-state index >= 15 is 0 Å². The molecule has 0 heterocycles. The molecule has 2 rings (SSSR count). The van der Waals surface area contributed by atoms with Gasteiger partial charge >= 0.3 is 0 Å². The monoisotopic (exact) mass is 182 g/mol. The molecule has 1 N–H and O–H groups in total. The van der Waals surface area contributed by atoms with Crippen molar-refractivity contribution in [2.24, 2.45) is 17.8 Å². The molecule has 0 aromatic heterocycles. The van der Waals surface area contributed by atoms with Gasteiger partial charge in [-0.2, -0.15) is 0 Å². The van der Waals surface area contributed by atoms with E-state index in [1.54, 1.807) is 0 Å². The second kappa shape index (κ2) is 3.27. The lowest BCUT2D eigenvalue weighted by atomic mass is 9.74. The predicted molar refractivity (Wildman–Crippen MR) is 54.5 cm³/mol. The fraction of sp³-hybridized carbons (Fsp3) is 1.00. The molecule has 0 aliphatic heterocycles. The first-order valence-corrected chi connectivity index (χ1v) is 5.84. The van der Waals surface area contributed by atoms with Crippen molar-refractivity contribution < 1.29 is 5.11 Å². The third-order valence-electron chi connectivity index (χ3n) is 4.24. The zero-order valence-electron chi connectivity index (χ0n) is 8.92. The Morgan fingerprint density at radius 2 is 1.62 bits per heavy atom. The van der Waals surface area contributed by atoms with E-state index in [9.17, 15) is 5.11 Å². The van der Waals surface area contributed by atoms with Gasteiger partial charge in [-0.25, -0.2) is 0 Å². The maximum atomic E-state index is 9.98. The molecule has 0 unspecified atom stereocenters. The van der Waals surface area contributed by atoms with Crippen LogP contribution in [-0.4, -0.2) is 10.7 Å². The summed E-state index contributed by atoms with van der Waals surface area (Å²) in [7, 11) is 0. The quantitative estimate of drug-likeness (QED) is 0.696. The molecule has 0 bridgehead atoms. The topological polar surface area (TPSA) is 20.2 Å². The van der Waals surface area contributed by atoms with Crippen molar-refractivity contribution in [1.82, 2.24) is 0 Å². The highest BCUT2D eigenvalue weighted by molar-refractivity contribution is 5.00. The van der Waals surface area contributed by atoms with Gasteiger partial charge in [-0.3, -0.25) is 0 Å². The molecule has 0 saturated heterocycles. The lowest BCUT2D eigenvalue weighted by molar-refractivity contribution is 0.0456. The van der Waals surface area contributed by atoms with Crippen LogP contribution in [0.15, 0.2) is 0 Å². The summed E-state index contributed by atoms with van der Waals surface area (Å²) >= 11 is 0. The number of aliphatic hydroxyl groups is 1. The highest BCUT2D eigenvalue weighted by Gasteiger charge is 2.48. The van der Waals surface area contributed by atoms with Crippen LogP contribution >= 0.6 is 0 Å². The van der Waals surface area contributed by atoms with Gasteiger partial charge in [-0.1, -0.05) is 13.8 Å². The van der Waals surface area contributed by atoms with Crippen LogP contribution in [0.5, 0.6) is 0 Å². The zero-order chi connectivity index (χ0) is 9.47. The maximum absolute atomic E-state index is 9.98. The molecule has 0 aromatic carbocycles. The molecule has 2 fully saturated rings. The summed E-state index contributed by atoms with van der Waals surface area (Å²) in [5.74, 6) is 2.41. The van der Waals surface area contributed by atoms with Gasteiger partial charge in [0.2, 0.25) is 0 Å². The van der Waals surface area contributed by atoms with Gasteiger partial charge in [0.15, 0.2) is 0 Å². The van der Waals surface area contributed by atoms with Gasteiger partial charge in [0, 0.05) is 0 Å². The molecule has 13 heavy (non-hydrogen) atoms. The van der Waals surface area contributed by atoms with Crippen LogP contribution in [-0.2, 0) is 0 Å². The molecule has 0 amide bonds. The average molecular weight is 182 g/mol. The summed E-state index contributed by atoms with van der Waals surface area (Å²) in [4.78, 5) is 0. The molecule has 76 valence electrons. The second-order valence-electron chi connectivity index (χ2n) is 5.46. The minimum absolute atomic E-state index is 0.206. The Hall–Kier alpha value is -0.0400. The predicted octanol–water partition coefficient (Wildman–Crippen LogP) is 2.97. The molecule has 2 aliphatic rings. The number of hydrogen-bond acceptors (Lipinski definition) is 1. The zero-order valence-corrected chi connectivity index (χ0v) is 8.92. The molecule has 2 saturated carbocycles. The molecular formula is C12H22O. The Morgan fingerprint density at radius 1 is 1.08 bits per heavy atom. The smallest absolute Gasteiger partial charge is 0.0678 e. The number of hydrogen-bond donors (Lipinski definition) is 1. The van der Waals surface area contributed by atoms with E-state index < -0.39 is 0 Å². The van der Waals surface area contributed by atoms with E-state index in [0.717, 1.165) is 24.7 Å². The summed E-state index contributed by atoms with van der Waals surface area (Å²) < 4.78 is 0. The van der Waals surface area contributed by atoms with Gasteiger partial charge in [0.25, 0.3) is 0 Å². The van der Waals surface area contributed by atoms with E-state index in [0.29, 0.717) is 5.92 Å². The summed E-state index contributed by atoms with van der Waals surface area (Å²) in [5, 5.41) is 9.98. The minimum Gasteiger partial charge on any atom is -0.390 e. The molecule has 2 aliphatic carbocycles. The van der Waals surface area contributed by atoms with Crippen LogP contribution in [0.4, 0.5) is 0 Å². The lowest BCUT2D eigenvalue weighted by Crippen LogP contribution is -2.28. The first-order valence-electron chi connectivity index (χ1n) is 5.84. The Morgan fingerprint density at radius 3 is 2.00 bits per heavy atom. The fourth-order valence-electron chi connectivity index (χ4n) is 2.86. The Labute approximate surface area is 81.5 Å². The average Bonchev–Trinajstić information content (AvgIpc) is 2.85. The summed E-state index contributed by atoms with van der Waals surface area (Å²) in [5.41, 5.74) is -0.206. The summed E-state index contributed by atoms with van der Waals surface area (Å²) in [6, 6.07) is 0. The first kappa shape index (κ1) is 9.51. The largest absolute Gasteiger partial charge is 0.390 e. The molecule has 1 nitrogen and oxygen atoms in total. The van der Waals surface area contributed by atoms with E-state index in [1.807, 2.05) is 0 Å².